The molecule has 1 heterocycles. The Balaban J connectivity index is 1.60. The van der Waals surface area contributed by atoms with E-state index in [4.69, 9.17) is 0 Å². The van der Waals surface area contributed by atoms with Gasteiger partial charge in [0.05, 0.1) is 17.1 Å². The monoisotopic (exact) mass is 422 g/mol. The van der Waals surface area contributed by atoms with Gasteiger partial charge < -0.3 is 14.6 Å². The average Bonchev–Trinajstić information content (AvgIpc) is 2.76. The molecule has 0 spiro atoms. The number of ether oxygens (including phenoxy) is 1. The van der Waals surface area contributed by atoms with Gasteiger partial charge in [-0.3, -0.25) is 9.59 Å². The highest BCUT2D eigenvalue weighted by molar-refractivity contribution is 5.94. The Morgan fingerprint density at radius 1 is 0.935 bits per heavy atom. The Morgan fingerprint density at radius 3 is 2.03 bits per heavy atom. The highest BCUT2D eigenvalue weighted by Crippen LogP contribution is 2.21. The molecule has 5 nitrogen and oxygen atoms in total. The number of carbonyl (C=O) groups excluding carboxylic acids is 1. The third kappa shape index (κ3) is 4.26. The molecule has 1 aromatic heterocycles. The Labute approximate surface area is 176 Å². The first-order valence-corrected chi connectivity index (χ1v) is 9.78. The van der Waals surface area contributed by atoms with Gasteiger partial charge in [0.2, 0.25) is 5.91 Å². The molecule has 0 bridgehead atoms. The van der Waals surface area contributed by atoms with Gasteiger partial charge >= 0.3 is 6.61 Å². The van der Waals surface area contributed by atoms with Crippen LogP contribution in [-0.4, -0.2) is 17.1 Å². The Kier molecular flexibility index (Phi) is 5.66. The normalized spacial score (nSPS) is 12.3. The van der Waals surface area contributed by atoms with Crippen molar-refractivity contribution in [3.05, 3.63) is 88.6 Å². The second kappa shape index (κ2) is 8.55. The molecule has 4 rings (SSSR count). The number of hydrogen-bond acceptors (Lipinski definition) is 3. The van der Waals surface area contributed by atoms with E-state index in [1.54, 1.807) is 36.4 Å². The summed E-state index contributed by atoms with van der Waals surface area (Å²) >= 11 is 0. The van der Waals surface area contributed by atoms with E-state index >= 15 is 0 Å². The van der Waals surface area contributed by atoms with E-state index in [0.29, 0.717) is 21.8 Å². The summed E-state index contributed by atoms with van der Waals surface area (Å²) in [5.74, 6) is -0.178. The molecule has 0 fully saturated rings. The van der Waals surface area contributed by atoms with Crippen molar-refractivity contribution in [2.24, 2.45) is 0 Å². The first kappa shape index (κ1) is 20.5. The van der Waals surface area contributed by atoms with Crippen molar-refractivity contribution >= 4 is 27.7 Å². The second-order valence-electron chi connectivity index (χ2n) is 7.19. The Hall–Kier alpha value is -3.74. The van der Waals surface area contributed by atoms with Crippen LogP contribution in [-0.2, 0) is 11.3 Å². The molecule has 4 aromatic rings. The fourth-order valence-electron chi connectivity index (χ4n) is 3.70. The molecule has 0 saturated heterocycles. The fraction of sp³-hybridized carbons (Fsp3) is 0.167. The molecule has 7 heteroatoms. The van der Waals surface area contributed by atoms with Crippen LogP contribution in [0.15, 0.2) is 77.6 Å². The van der Waals surface area contributed by atoms with Crippen molar-refractivity contribution in [2.45, 2.75) is 26.1 Å². The van der Waals surface area contributed by atoms with E-state index in [0.717, 1.165) is 5.56 Å². The van der Waals surface area contributed by atoms with E-state index in [9.17, 15) is 18.4 Å². The van der Waals surface area contributed by atoms with Crippen LogP contribution in [0.1, 0.15) is 18.5 Å². The summed E-state index contributed by atoms with van der Waals surface area (Å²) in [6.07, 6.45) is 0. The van der Waals surface area contributed by atoms with Crippen LogP contribution in [0.3, 0.4) is 0 Å². The van der Waals surface area contributed by atoms with Crippen LogP contribution in [0, 0.1) is 0 Å². The molecule has 0 unspecified atom stereocenters. The van der Waals surface area contributed by atoms with Crippen LogP contribution in [0.4, 0.5) is 8.78 Å². The van der Waals surface area contributed by atoms with Crippen LogP contribution in [0.5, 0.6) is 5.75 Å². The van der Waals surface area contributed by atoms with Crippen molar-refractivity contribution in [1.29, 1.82) is 0 Å². The van der Waals surface area contributed by atoms with E-state index in [1.807, 2.05) is 35.8 Å². The lowest BCUT2D eigenvalue weighted by atomic mass is 10.1. The van der Waals surface area contributed by atoms with Crippen molar-refractivity contribution < 1.29 is 18.3 Å². The zero-order valence-electron chi connectivity index (χ0n) is 16.7. The molecule has 158 valence electrons. The molecule has 0 radical (unpaired) electrons. The summed E-state index contributed by atoms with van der Waals surface area (Å²) in [5, 5.41) is 4.03. The maximum Gasteiger partial charge on any atom is 0.387 e. The lowest BCUT2D eigenvalue weighted by Crippen LogP contribution is -2.30. The van der Waals surface area contributed by atoms with Crippen LogP contribution in [0.25, 0.3) is 21.8 Å². The lowest BCUT2D eigenvalue weighted by Gasteiger charge is -2.18. The van der Waals surface area contributed by atoms with Crippen LogP contribution < -0.4 is 15.5 Å². The quantitative estimate of drug-likeness (QED) is 0.461. The average molecular weight is 422 g/mol. The first-order chi connectivity index (χ1) is 14.9. The van der Waals surface area contributed by atoms with Crippen LogP contribution >= 0.6 is 0 Å². The van der Waals surface area contributed by atoms with Gasteiger partial charge in [0, 0.05) is 10.8 Å². The largest absolute Gasteiger partial charge is 0.435 e. The van der Waals surface area contributed by atoms with Gasteiger partial charge in [-0.2, -0.15) is 8.78 Å². The molecule has 31 heavy (non-hydrogen) atoms. The van der Waals surface area contributed by atoms with Crippen molar-refractivity contribution in [3.8, 4) is 5.75 Å². The molecule has 1 N–H and O–H groups in total. The van der Waals surface area contributed by atoms with Gasteiger partial charge in [-0.25, -0.2) is 0 Å². The molecular formula is C24H20F2N2O3. The SMILES string of the molecule is C[C@H](NC(=O)Cn1c2ccccc2c(=O)c2ccccc21)c1ccc(OC(F)F)cc1. The smallest absolute Gasteiger partial charge is 0.387 e. The molecule has 0 saturated carbocycles. The molecule has 0 aliphatic carbocycles. The zero-order chi connectivity index (χ0) is 22.0. The summed E-state index contributed by atoms with van der Waals surface area (Å²) < 4.78 is 30.8. The summed E-state index contributed by atoms with van der Waals surface area (Å²) in [6.45, 7) is -1.05. The summed E-state index contributed by atoms with van der Waals surface area (Å²) in [5.41, 5.74) is 2.05. The number of nitrogens with one attached hydrogen (secondary N) is 1. The van der Waals surface area contributed by atoms with Crippen molar-refractivity contribution in [1.82, 2.24) is 9.88 Å². The number of para-hydroxylation sites is 2. The molecule has 0 aliphatic rings. The minimum Gasteiger partial charge on any atom is -0.435 e. The minimum absolute atomic E-state index is 0.0260. The number of alkyl halides is 2. The van der Waals surface area contributed by atoms with E-state index in [1.165, 1.54) is 12.1 Å². The standard InChI is InChI=1S/C24H20F2N2O3/c1-15(16-10-12-17(13-11-16)31-24(25)26)27-22(29)14-28-20-8-4-2-6-18(20)23(30)19-7-3-5-9-21(19)28/h2-13,15,24H,14H2,1H3,(H,27,29)/t15-/m0/s1. The number of benzene rings is 3. The number of halogens is 2. The zero-order valence-corrected chi connectivity index (χ0v) is 16.7. The van der Waals surface area contributed by atoms with Gasteiger partial charge in [-0.1, -0.05) is 36.4 Å². The van der Waals surface area contributed by atoms with Gasteiger partial charge in [-0.15, -0.1) is 0 Å². The second-order valence-corrected chi connectivity index (χ2v) is 7.19. The molecule has 1 amide bonds. The number of rotatable bonds is 6. The van der Waals surface area contributed by atoms with Crippen LogP contribution in [0.2, 0.25) is 0 Å². The van der Waals surface area contributed by atoms with Gasteiger partial charge in [0.1, 0.15) is 12.3 Å². The number of fused-ring (bicyclic) bond motifs is 2. The van der Waals surface area contributed by atoms with E-state index < -0.39 is 6.61 Å². The Morgan fingerprint density at radius 2 is 1.48 bits per heavy atom. The summed E-state index contributed by atoms with van der Waals surface area (Å²) in [7, 11) is 0. The van der Waals surface area contributed by atoms with E-state index in [-0.39, 0.29) is 29.7 Å². The maximum absolute atomic E-state index is 12.8. The van der Waals surface area contributed by atoms with Gasteiger partial charge in [0.15, 0.2) is 5.43 Å². The highest BCUT2D eigenvalue weighted by atomic mass is 19.3. The van der Waals surface area contributed by atoms with Gasteiger partial charge in [-0.05, 0) is 48.9 Å². The van der Waals surface area contributed by atoms with Gasteiger partial charge in [0.25, 0.3) is 0 Å². The number of hydrogen-bond donors (Lipinski definition) is 1. The number of nitrogens with zero attached hydrogens (tertiary/aromatic N) is 1. The topological polar surface area (TPSA) is 60.3 Å². The molecular weight excluding hydrogens is 402 g/mol. The third-order valence-corrected chi connectivity index (χ3v) is 5.16. The maximum atomic E-state index is 12.8. The predicted octanol–water partition coefficient (Wildman–Crippen LogP) is 4.63. The fourth-order valence-corrected chi connectivity index (χ4v) is 3.70. The summed E-state index contributed by atoms with van der Waals surface area (Å²) in [4.78, 5) is 25.7. The number of aromatic nitrogens is 1. The predicted molar refractivity (Wildman–Crippen MR) is 115 cm³/mol. The lowest BCUT2D eigenvalue weighted by molar-refractivity contribution is -0.122. The first-order valence-electron chi connectivity index (χ1n) is 9.78. The highest BCUT2D eigenvalue weighted by Gasteiger charge is 2.15. The number of amides is 1. The van der Waals surface area contributed by atoms with E-state index in [2.05, 4.69) is 10.1 Å². The van der Waals surface area contributed by atoms with Crippen molar-refractivity contribution in [3.63, 3.8) is 0 Å². The summed E-state index contributed by atoms with van der Waals surface area (Å²) in [6, 6.07) is 20.2. The Bertz CT molecular complexity index is 1240. The molecule has 1 atom stereocenters. The molecule has 3 aromatic carbocycles. The number of pyridine rings is 1. The third-order valence-electron chi connectivity index (χ3n) is 5.16. The van der Waals surface area contributed by atoms with Crippen molar-refractivity contribution in [2.75, 3.05) is 0 Å². The number of carbonyl (C=O) groups is 1. The minimum atomic E-state index is -2.88. The molecule has 0 aliphatic heterocycles.